The van der Waals surface area contributed by atoms with Crippen molar-refractivity contribution in [3.8, 4) is 5.88 Å². The zero-order chi connectivity index (χ0) is 18.0. The SMILES string of the molecule is CCCn1c(O)c(N=NC(=S)NC2CCS(=O)(=O)C2)c2ccccc21. The molecule has 7 nitrogen and oxygen atoms in total. The number of aryl methyl sites for hydroxylation is 1. The van der Waals surface area contributed by atoms with Gasteiger partial charge in [0, 0.05) is 18.0 Å². The van der Waals surface area contributed by atoms with E-state index >= 15 is 0 Å². The lowest BCUT2D eigenvalue weighted by atomic mass is 10.2. The van der Waals surface area contributed by atoms with Crippen LogP contribution >= 0.6 is 12.2 Å². The fourth-order valence-corrected chi connectivity index (χ4v) is 4.91. The second kappa shape index (κ2) is 7.09. The van der Waals surface area contributed by atoms with Crippen molar-refractivity contribution in [2.75, 3.05) is 11.5 Å². The molecule has 2 heterocycles. The molecular weight excluding hydrogens is 360 g/mol. The molecule has 0 saturated carbocycles. The molecule has 1 aromatic carbocycles. The summed E-state index contributed by atoms with van der Waals surface area (Å²) in [6.07, 6.45) is 1.39. The third-order valence-electron chi connectivity index (χ3n) is 4.17. The molecule has 1 aliphatic rings. The maximum Gasteiger partial charge on any atom is 0.220 e. The van der Waals surface area contributed by atoms with Gasteiger partial charge in [-0.25, -0.2) is 8.42 Å². The molecule has 2 N–H and O–H groups in total. The first-order chi connectivity index (χ1) is 11.9. The number of thiocarbonyl (C=S) groups is 1. The molecule has 1 aromatic heterocycles. The number of benzene rings is 1. The summed E-state index contributed by atoms with van der Waals surface area (Å²) in [7, 11) is -2.98. The Morgan fingerprint density at radius 3 is 2.88 bits per heavy atom. The van der Waals surface area contributed by atoms with Crippen LogP contribution in [-0.2, 0) is 16.4 Å². The molecule has 25 heavy (non-hydrogen) atoms. The summed E-state index contributed by atoms with van der Waals surface area (Å²) in [5, 5.41) is 22.4. The maximum absolute atomic E-state index is 11.5. The van der Waals surface area contributed by atoms with Crippen molar-refractivity contribution in [2.24, 2.45) is 10.2 Å². The van der Waals surface area contributed by atoms with Gasteiger partial charge in [0.15, 0.2) is 15.5 Å². The van der Waals surface area contributed by atoms with Gasteiger partial charge in [0.25, 0.3) is 0 Å². The standard InChI is InChI=1S/C16H20N4O3S2/c1-2-8-20-13-6-4-3-5-12(13)14(15(20)21)18-19-16(24)17-11-7-9-25(22,23)10-11/h3-6,11,21H,2,7-10H2,1H3,(H,17,24). The fraction of sp³-hybridized carbons (Fsp3) is 0.438. The van der Waals surface area contributed by atoms with Gasteiger partial charge in [0.05, 0.1) is 17.0 Å². The molecule has 0 radical (unpaired) electrons. The van der Waals surface area contributed by atoms with Crippen molar-refractivity contribution in [3.63, 3.8) is 0 Å². The highest BCUT2D eigenvalue weighted by Gasteiger charge is 2.28. The number of para-hydroxylation sites is 1. The molecule has 0 spiro atoms. The third kappa shape index (κ3) is 3.82. The molecule has 2 aromatic rings. The van der Waals surface area contributed by atoms with Crippen molar-refractivity contribution in [1.82, 2.24) is 9.88 Å². The zero-order valence-corrected chi connectivity index (χ0v) is 15.5. The van der Waals surface area contributed by atoms with Crippen LogP contribution in [0.5, 0.6) is 5.88 Å². The molecule has 9 heteroatoms. The lowest BCUT2D eigenvalue weighted by Gasteiger charge is -2.08. The fourth-order valence-electron chi connectivity index (χ4n) is 3.03. The van der Waals surface area contributed by atoms with Crippen LogP contribution in [0.15, 0.2) is 34.5 Å². The summed E-state index contributed by atoms with van der Waals surface area (Å²) in [4.78, 5) is 0. The van der Waals surface area contributed by atoms with Gasteiger partial charge in [0.2, 0.25) is 11.0 Å². The van der Waals surface area contributed by atoms with Crippen LogP contribution in [0, 0.1) is 0 Å². The number of nitrogens with zero attached hydrogens (tertiary/aromatic N) is 3. The van der Waals surface area contributed by atoms with Crippen molar-refractivity contribution in [2.45, 2.75) is 32.4 Å². The van der Waals surface area contributed by atoms with E-state index in [1.807, 2.05) is 31.2 Å². The summed E-state index contributed by atoms with van der Waals surface area (Å²) in [5.74, 6) is 0.275. The van der Waals surface area contributed by atoms with Crippen LogP contribution in [0.4, 0.5) is 5.69 Å². The lowest BCUT2D eigenvalue weighted by molar-refractivity contribution is 0.421. The van der Waals surface area contributed by atoms with Gasteiger partial charge >= 0.3 is 0 Å². The normalized spacial score (nSPS) is 19.6. The molecule has 0 amide bonds. The average Bonchev–Trinajstić information content (AvgIpc) is 3.04. The van der Waals surface area contributed by atoms with E-state index in [0.717, 1.165) is 17.3 Å². The van der Waals surface area contributed by atoms with Gasteiger partial charge in [-0.2, -0.15) is 0 Å². The Bertz CT molecular complexity index is 934. The number of nitrogens with one attached hydrogen (secondary N) is 1. The van der Waals surface area contributed by atoms with E-state index in [-0.39, 0.29) is 28.5 Å². The summed E-state index contributed by atoms with van der Waals surface area (Å²) in [6, 6.07) is 7.34. The lowest BCUT2D eigenvalue weighted by Crippen LogP contribution is -2.33. The second-order valence-corrected chi connectivity index (χ2v) is 8.71. The summed E-state index contributed by atoms with van der Waals surface area (Å²) in [5.41, 5.74) is 1.25. The largest absolute Gasteiger partial charge is 0.493 e. The first-order valence-electron chi connectivity index (χ1n) is 8.14. The van der Waals surface area contributed by atoms with Gasteiger partial charge in [-0.1, -0.05) is 25.1 Å². The Hall–Kier alpha value is -2.00. The Balaban J connectivity index is 1.81. The van der Waals surface area contributed by atoms with E-state index in [2.05, 4.69) is 15.5 Å². The summed E-state index contributed by atoms with van der Waals surface area (Å²) < 4.78 is 24.8. The summed E-state index contributed by atoms with van der Waals surface area (Å²) >= 11 is 5.13. The Kier molecular flexibility index (Phi) is 5.05. The third-order valence-corrected chi connectivity index (χ3v) is 6.13. The van der Waals surface area contributed by atoms with Gasteiger partial charge in [-0.15, -0.1) is 10.2 Å². The van der Waals surface area contributed by atoms with E-state index in [1.165, 1.54) is 0 Å². The quantitative estimate of drug-likeness (QED) is 0.628. The van der Waals surface area contributed by atoms with Crippen LogP contribution in [-0.4, -0.2) is 40.8 Å². The van der Waals surface area contributed by atoms with E-state index in [4.69, 9.17) is 12.2 Å². The number of aromatic hydroxyl groups is 1. The first-order valence-corrected chi connectivity index (χ1v) is 10.4. The monoisotopic (exact) mass is 380 g/mol. The second-order valence-electron chi connectivity index (χ2n) is 6.09. The van der Waals surface area contributed by atoms with Crippen LogP contribution in [0.2, 0.25) is 0 Å². The van der Waals surface area contributed by atoms with Gasteiger partial charge in [-0.3, -0.25) is 0 Å². The number of rotatable bonds is 4. The number of hydrogen-bond donors (Lipinski definition) is 2. The predicted octanol–water partition coefficient (Wildman–Crippen LogP) is 2.90. The molecule has 3 rings (SSSR count). The Labute approximate surface area is 151 Å². The van der Waals surface area contributed by atoms with Crippen molar-refractivity contribution >= 4 is 43.8 Å². The van der Waals surface area contributed by atoms with Crippen LogP contribution in [0.1, 0.15) is 19.8 Å². The molecule has 1 fully saturated rings. The van der Waals surface area contributed by atoms with Gasteiger partial charge in [-0.05, 0) is 31.1 Å². The average molecular weight is 380 g/mol. The molecule has 1 atom stereocenters. The van der Waals surface area contributed by atoms with E-state index in [9.17, 15) is 13.5 Å². The molecule has 134 valence electrons. The van der Waals surface area contributed by atoms with Crippen LogP contribution < -0.4 is 5.32 Å². The molecule has 1 aliphatic heterocycles. The topological polar surface area (TPSA) is 96.0 Å². The molecular formula is C16H20N4O3S2. The zero-order valence-electron chi connectivity index (χ0n) is 13.8. The highest BCUT2D eigenvalue weighted by atomic mass is 32.2. The number of hydrogen-bond acceptors (Lipinski definition) is 5. The van der Waals surface area contributed by atoms with Gasteiger partial charge < -0.3 is 15.0 Å². The molecule has 1 saturated heterocycles. The van der Waals surface area contributed by atoms with Crippen molar-refractivity contribution in [3.05, 3.63) is 24.3 Å². The number of azo groups is 1. The highest BCUT2D eigenvalue weighted by Crippen LogP contribution is 2.38. The van der Waals surface area contributed by atoms with E-state index in [1.54, 1.807) is 4.57 Å². The minimum Gasteiger partial charge on any atom is -0.493 e. The highest BCUT2D eigenvalue weighted by molar-refractivity contribution is 7.91. The minimum absolute atomic E-state index is 0.0537. The van der Waals surface area contributed by atoms with Gasteiger partial charge in [0.1, 0.15) is 0 Å². The number of fused-ring (bicyclic) bond motifs is 1. The van der Waals surface area contributed by atoms with Crippen LogP contribution in [0.3, 0.4) is 0 Å². The Morgan fingerprint density at radius 2 is 2.20 bits per heavy atom. The molecule has 0 aliphatic carbocycles. The predicted molar refractivity (Wildman–Crippen MR) is 101 cm³/mol. The molecule has 1 unspecified atom stereocenters. The summed E-state index contributed by atoms with van der Waals surface area (Å²) in [6.45, 7) is 2.70. The minimum atomic E-state index is -2.98. The first kappa shape index (κ1) is 17.8. The Morgan fingerprint density at radius 1 is 1.44 bits per heavy atom. The number of sulfone groups is 1. The van der Waals surface area contributed by atoms with E-state index < -0.39 is 9.84 Å². The molecule has 0 bridgehead atoms. The number of aromatic nitrogens is 1. The smallest absolute Gasteiger partial charge is 0.220 e. The van der Waals surface area contributed by atoms with Crippen molar-refractivity contribution < 1.29 is 13.5 Å². The maximum atomic E-state index is 11.5. The van der Waals surface area contributed by atoms with Crippen LogP contribution in [0.25, 0.3) is 10.9 Å². The van der Waals surface area contributed by atoms with Crippen molar-refractivity contribution in [1.29, 1.82) is 0 Å². The van der Waals surface area contributed by atoms with E-state index in [0.29, 0.717) is 18.7 Å².